The second-order valence-corrected chi connectivity index (χ2v) is 9.99. The third kappa shape index (κ3) is 3.55. The average Bonchev–Trinajstić information content (AvgIpc) is 2.79. The lowest BCUT2D eigenvalue weighted by atomic mass is 10.0. The standard InChI is InChI=1S/C23H23N3O4S/c1-16-4-7-22-18(13-16)15-30-23(27)26(22)19-8-11-25(12-9-19)31(28,29)20-5-6-21-17(14-20)3-2-10-24-21/h2-7,10,13-14,19H,8-9,11-12,15H2,1H3. The summed E-state index contributed by atoms with van der Waals surface area (Å²) < 4.78 is 33.3. The zero-order valence-electron chi connectivity index (χ0n) is 17.2. The summed E-state index contributed by atoms with van der Waals surface area (Å²) >= 11 is 0. The quantitative estimate of drug-likeness (QED) is 0.622. The maximum absolute atomic E-state index is 13.2. The lowest BCUT2D eigenvalue weighted by Gasteiger charge is -2.39. The summed E-state index contributed by atoms with van der Waals surface area (Å²) in [4.78, 5) is 18.7. The molecule has 0 spiro atoms. The minimum atomic E-state index is -3.62. The molecular weight excluding hydrogens is 414 g/mol. The molecule has 0 aliphatic carbocycles. The van der Waals surface area contributed by atoms with Crippen LogP contribution in [0, 0.1) is 6.92 Å². The number of anilines is 1. The van der Waals surface area contributed by atoms with E-state index in [1.54, 1.807) is 35.4 Å². The van der Waals surface area contributed by atoms with E-state index in [2.05, 4.69) is 4.98 Å². The molecule has 2 aromatic carbocycles. The predicted molar refractivity (Wildman–Crippen MR) is 117 cm³/mol. The summed E-state index contributed by atoms with van der Waals surface area (Å²) in [5.41, 5.74) is 3.73. The molecule has 7 nitrogen and oxygen atoms in total. The van der Waals surface area contributed by atoms with Gasteiger partial charge in [0.25, 0.3) is 0 Å². The normalized spacial score (nSPS) is 18.1. The Balaban J connectivity index is 1.36. The van der Waals surface area contributed by atoms with E-state index in [-0.39, 0.29) is 23.6 Å². The van der Waals surface area contributed by atoms with E-state index in [1.165, 1.54) is 4.31 Å². The van der Waals surface area contributed by atoms with Crippen molar-refractivity contribution in [3.8, 4) is 0 Å². The minimum Gasteiger partial charge on any atom is -0.444 e. The molecule has 31 heavy (non-hydrogen) atoms. The Kier molecular flexibility index (Phi) is 4.91. The van der Waals surface area contributed by atoms with Crippen LogP contribution in [0.25, 0.3) is 10.9 Å². The van der Waals surface area contributed by atoms with Gasteiger partial charge in [-0.1, -0.05) is 23.8 Å². The summed E-state index contributed by atoms with van der Waals surface area (Å²) in [7, 11) is -3.62. The van der Waals surface area contributed by atoms with Crippen LogP contribution in [0.1, 0.15) is 24.0 Å². The Labute approximate surface area is 181 Å². The second-order valence-electron chi connectivity index (χ2n) is 8.05. The van der Waals surface area contributed by atoms with E-state index < -0.39 is 10.0 Å². The number of piperidine rings is 1. The molecule has 2 aliphatic heterocycles. The largest absolute Gasteiger partial charge is 0.444 e. The van der Waals surface area contributed by atoms with Gasteiger partial charge in [-0.3, -0.25) is 9.88 Å². The van der Waals surface area contributed by atoms with Crippen LogP contribution in [-0.4, -0.2) is 42.9 Å². The zero-order chi connectivity index (χ0) is 21.6. The number of carbonyl (C=O) groups is 1. The number of benzene rings is 2. The monoisotopic (exact) mass is 437 g/mol. The smallest absolute Gasteiger partial charge is 0.414 e. The maximum Gasteiger partial charge on any atom is 0.414 e. The Bertz CT molecular complexity index is 1270. The highest BCUT2D eigenvalue weighted by Crippen LogP contribution is 2.33. The molecule has 0 unspecified atom stereocenters. The highest BCUT2D eigenvalue weighted by molar-refractivity contribution is 7.89. The highest BCUT2D eigenvalue weighted by Gasteiger charge is 2.37. The van der Waals surface area contributed by atoms with E-state index in [9.17, 15) is 13.2 Å². The number of amides is 1. The second kappa shape index (κ2) is 7.62. The van der Waals surface area contributed by atoms with Gasteiger partial charge < -0.3 is 4.74 Å². The maximum atomic E-state index is 13.2. The van der Waals surface area contributed by atoms with Crippen molar-refractivity contribution in [3.63, 3.8) is 0 Å². The highest BCUT2D eigenvalue weighted by atomic mass is 32.2. The van der Waals surface area contributed by atoms with Crippen LogP contribution in [-0.2, 0) is 21.4 Å². The molecule has 0 bridgehead atoms. The summed E-state index contributed by atoms with van der Waals surface area (Å²) in [6.07, 6.45) is 2.43. The molecule has 3 heterocycles. The van der Waals surface area contributed by atoms with E-state index in [1.807, 2.05) is 31.2 Å². The fourth-order valence-corrected chi connectivity index (χ4v) is 5.93. The number of sulfonamides is 1. The number of ether oxygens (including phenoxy) is 1. The van der Waals surface area contributed by atoms with Crippen molar-refractivity contribution in [1.29, 1.82) is 0 Å². The molecular formula is C23H23N3O4S. The molecule has 0 N–H and O–H groups in total. The number of fused-ring (bicyclic) bond motifs is 2. The van der Waals surface area contributed by atoms with Crippen LogP contribution in [0.4, 0.5) is 10.5 Å². The van der Waals surface area contributed by atoms with Gasteiger partial charge in [-0.05, 0) is 50.1 Å². The SMILES string of the molecule is Cc1ccc2c(c1)COC(=O)N2C1CCN(S(=O)(=O)c2ccc3ncccc3c2)CC1. The Hall–Kier alpha value is -2.97. The van der Waals surface area contributed by atoms with E-state index >= 15 is 0 Å². The molecule has 0 saturated carbocycles. The van der Waals surface area contributed by atoms with Crippen LogP contribution < -0.4 is 4.90 Å². The van der Waals surface area contributed by atoms with E-state index in [0.29, 0.717) is 25.9 Å². The first kappa shape index (κ1) is 20.0. The minimum absolute atomic E-state index is 0.0958. The number of hydrogen-bond donors (Lipinski definition) is 0. The summed E-state index contributed by atoms with van der Waals surface area (Å²) in [5, 5.41) is 0.793. The third-order valence-electron chi connectivity index (χ3n) is 6.04. The van der Waals surface area contributed by atoms with Gasteiger partial charge in [0.1, 0.15) is 6.61 Å². The van der Waals surface area contributed by atoms with Crippen LogP contribution in [0.5, 0.6) is 0 Å². The van der Waals surface area contributed by atoms with Gasteiger partial charge in [0.15, 0.2) is 0 Å². The van der Waals surface area contributed by atoms with Gasteiger partial charge >= 0.3 is 6.09 Å². The van der Waals surface area contributed by atoms with Gasteiger partial charge in [0.05, 0.1) is 16.1 Å². The zero-order valence-corrected chi connectivity index (χ0v) is 18.0. The fourth-order valence-electron chi connectivity index (χ4n) is 4.42. The molecule has 0 radical (unpaired) electrons. The molecule has 1 aromatic heterocycles. The number of aryl methyl sites for hydroxylation is 1. The van der Waals surface area contributed by atoms with Gasteiger partial charge in [0, 0.05) is 36.3 Å². The molecule has 160 valence electrons. The molecule has 3 aromatic rings. The number of rotatable bonds is 3. The Morgan fingerprint density at radius 3 is 2.68 bits per heavy atom. The first-order chi connectivity index (χ1) is 14.9. The number of pyridine rings is 1. The first-order valence-corrected chi connectivity index (χ1v) is 11.8. The fraction of sp³-hybridized carbons (Fsp3) is 0.304. The van der Waals surface area contributed by atoms with E-state index in [0.717, 1.165) is 27.7 Å². The number of nitrogens with zero attached hydrogens (tertiary/aromatic N) is 3. The van der Waals surface area contributed by atoms with Crippen LogP contribution in [0.15, 0.2) is 59.6 Å². The predicted octanol–water partition coefficient (Wildman–Crippen LogP) is 3.85. The van der Waals surface area contributed by atoms with Crippen molar-refractivity contribution in [3.05, 3.63) is 65.9 Å². The van der Waals surface area contributed by atoms with Crippen LogP contribution >= 0.6 is 0 Å². The van der Waals surface area contributed by atoms with Gasteiger partial charge in [-0.2, -0.15) is 4.31 Å². The van der Waals surface area contributed by atoms with Crippen molar-refractivity contribution in [2.24, 2.45) is 0 Å². The Morgan fingerprint density at radius 1 is 1.06 bits per heavy atom. The lowest BCUT2D eigenvalue weighted by molar-refractivity contribution is 0.135. The lowest BCUT2D eigenvalue weighted by Crippen LogP contribution is -2.50. The van der Waals surface area contributed by atoms with Gasteiger partial charge in [0.2, 0.25) is 10.0 Å². The van der Waals surface area contributed by atoms with Crippen LogP contribution in [0.3, 0.4) is 0 Å². The summed E-state index contributed by atoms with van der Waals surface area (Å²) in [6.45, 7) is 2.98. The molecule has 1 fully saturated rings. The molecule has 8 heteroatoms. The van der Waals surface area contributed by atoms with Gasteiger partial charge in [-0.25, -0.2) is 13.2 Å². The van der Waals surface area contributed by atoms with Crippen molar-refractivity contribution in [1.82, 2.24) is 9.29 Å². The van der Waals surface area contributed by atoms with Gasteiger partial charge in [-0.15, -0.1) is 0 Å². The first-order valence-electron chi connectivity index (χ1n) is 10.3. The number of carbonyl (C=O) groups excluding carboxylic acids is 1. The van der Waals surface area contributed by atoms with Crippen LogP contribution in [0.2, 0.25) is 0 Å². The number of hydrogen-bond acceptors (Lipinski definition) is 5. The molecule has 0 atom stereocenters. The van der Waals surface area contributed by atoms with Crippen molar-refractivity contribution >= 4 is 32.7 Å². The molecule has 1 saturated heterocycles. The van der Waals surface area contributed by atoms with Crippen molar-refractivity contribution in [2.45, 2.75) is 37.3 Å². The molecule has 2 aliphatic rings. The topological polar surface area (TPSA) is 79.8 Å². The number of aromatic nitrogens is 1. The van der Waals surface area contributed by atoms with E-state index in [4.69, 9.17) is 4.74 Å². The number of cyclic esters (lactones) is 1. The van der Waals surface area contributed by atoms with Crippen molar-refractivity contribution < 1.29 is 17.9 Å². The Morgan fingerprint density at radius 2 is 1.87 bits per heavy atom. The van der Waals surface area contributed by atoms with Crippen molar-refractivity contribution in [2.75, 3.05) is 18.0 Å². The summed E-state index contributed by atoms with van der Waals surface area (Å²) in [6, 6.07) is 14.5. The third-order valence-corrected chi connectivity index (χ3v) is 7.94. The summed E-state index contributed by atoms with van der Waals surface area (Å²) in [5.74, 6) is 0. The molecule has 5 rings (SSSR count). The average molecular weight is 438 g/mol. The molecule has 1 amide bonds.